The van der Waals surface area contributed by atoms with Gasteiger partial charge in [-0.25, -0.2) is 9.78 Å². The molecule has 0 bridgehead atoms. The highest BCUT2D eigenvalue weighted by molar-refractivity contribution is 5.92. The minimum absolute atomic E-state index is 0.138. The number of ether oxygens (including phenoxy) is 1. The van der Waals surface area contributed by atoms with Crippen LogP contribution < -0.4 is 0 Å². The maximum Gasteiger partial charge on any atom is 0.335 e. The molecule has 6 heteroatoms. The molecule has 1 saturated heterocycles. The van der Waals surface area contributed by atoms with Crippen LogP contribution in [0.5, 0.6) is 0 Å². The molecule has 1 aromatic heterocycles. The molecule has 21 heavy (non-hydrogen) atoms. The normalized spacial score (nSPS) is 20.0. The SMILES string of the molecule is Cc1nc2cc(C(=O)O)ccc2n1CC1CN(C)CCO1. The van der Waals surface area contributed by atoms with Crippen molar-refractivity contribution in [2.75, 3.05) is 26.7 Å². The van der Waals surface area contributed by atoms with Crippen molar-refractivity contribution in [3.05, 3.63) is 29.6 Å². The third-order valence-corrected chi connectivity index (χ3v) is 3.91. The van der Waals surface area contributed by atoms with E-state index in [-0.39, 0.29) is 11.7 Å². The van der Waals surface area contributed by atoms with Crippen molar-refractivity contribution in [2.24, 2.45) is 0 Å². The molecule has 0 amide bonds. The van der Waals surface area contributed by atoms with Crippen LogP contribution in [0.1, 0.15) is 16.2 Å². The molecule has 1 aliphatic heterocycles. The number of aromatic carboxylic acids is 1. The molecule has 1 unspecified atom stereocenters. The lowest BCUT2D eigenvalue weighted by atomic mass is 10.2. The molecule has 3 rings (SSSR count). The Morgan fingerprint density at radius 2 is 2.33 bits per heavy atom. The second kappa shape index (κ2) is 5.46. The number of aromatic nitrogens is 2. The standard InChI is InChI=1S/C15H19N3O3/c1-10-16-13-7-11(15(19)20)3-4-14(13)18(10)9-12-8-17(2)5-6-21-12/h3-4,7,12H,5-6,8-9H2,1-2H3,(H,19,20). The summed E-state index contributed by atoms with van der Waals surface area (Å²) in [5.74, 6) is -0.0503. The Bertz CT molecular complexity index is 680. The molecule has 1 fully saturated rings. The van der Waals surface area contributed by atoms with Crippen molar-refractivity contribution in [1.82, 2.24) is 14.5 Å². The summed E-state index contributed by atoms with van der Waals surface area (Å²) in [5, 5.41) is 9.05. The van der Waals surface area contributed by atoms with E-state index in [1.807, 2.05) is 13.0 Å². The van der Waals surface area contributed by atoms with E-state index < -0.39 is 5.97 Å². The summed E-state index contributed by atoms with van der Waals surface area (Å²) >= 11 is 0. The summed E-state index contributed by atoms with van der Waals surface area (Å²) in [4.78, 5) is 17.8. The average molecular weight is 289 g/mol. The predicted molar refractivity (Wildman–Crippen MR) is 78.7 cm³/mol. The smallest absolute Gasteiger partial charge is 0.335 e. The van der Waals surface area contributed by atoms with E-state index >= 15 is 0 Å². The van der Waals surface area contributed by atoms with Crippen LogP contribution >= 0.6 is 0 Å². The monoisotopic (exact) mass is 289 g/mol. The van der Waals surface area contributed by atoms with Gasteiger partial charge in [-0.15, -0.1) is 0 Å². The largest absolute Gasteiger partial charge is 0.478 e. The molecule has 0 radical (unpaired) electrons. The van der Waals surface area contributed by atoms with Crippen LogP contribution in [0.2, 0.25) is 0 Å². The molecule has 6 nitrogen and oxygen atoms in total. The maximum absolute atomic E-state index is 11.0. The molecule has 1 aliphatic rings. The molecule has 0 saturated carbocycles. The van der Waals surface area contributed by atoms with E-state index in [2.05, 4.69) is 21.5 Å². The molecular formula is C15H19N3O3. The number of nitrogens with zero attached hydrogens (tertiary/aromatic N) is 3. The average Bonchev–Trinajstić information content (AvgIpc) is 2.74. The summed E-state index contributed by atoms with van der Waals surface area (Å²) in [6, 6.07) is 5.07. The van der Waals surface area contributed by atoms with E-state index in [0.717, 1.165) is 43.1 Å². The minimum atomic E-state index is -0.929. The van der Waals surface area contributed by atoms with Gasteiger partial charge in [-0.3, -0.25) is 0 Å². The van der Waals surface area contributed by atoms with Crippen molar-refractivity contribution in [1.29, 1.82) is 0 Å². The van der Waals surface area contributed by atoms with Crippen molar-refractivity contribution in [3.8, 4) is 0 Å². The lowest BCUT2D eigenvalue weighted by Gasteiger charge is -2.30. The van der Waals surface area contributed by atoms with Crippen LogP contribution in [0.4, 0.5) is 0 Å². The van der Waals surface area contributed by atoms with Crippen molar-refractivity contribution in [3.63, 3.8) is 0 Å². The Kier molecular flexibility index (Phi) is 3.65. The highest BCUT2D eigenvalue weighted by Crippen LogP contribution is 2.19. The fraction of sp³-hybridized carbons (Fsp3) is 0.467. The zero-order valence-corrected chi connectivity index (χ0v) is 12.2. The van der Waals surface area contributed by atoms with Crippen molar-refractivity contribution in [2.45, 2.75) is 19.6 Å². The number of hydrogen-bond acceptors (Lipinski definition) is 4. The van der Waals surface area contributed by atoms with Gasteiger partial charge in [-0.2, -0.15) is 0 Å². The van der Waals surface area contributed by atoms with Gasteiger partial charge in [0.1, 0.15) is 5.82 Å². The molecule has 112 valence electrons. The van der Waals surface area contributed by atoms with Crippen LogP contribution in [0.25, 0.3) is 11.0 Å². The zero-order chi connectivity index (χ0) is 15.0. The van der Waals surface area contributed by atoms with Crippen LogP contribution in [-0.4, -0.2) is 58.4 Å². The summed E-state index contributed by atoms with van der Waals surface area (Å²) in [6.45, 7) is 5.27. The van der Waals surface area contributed by atoms with Gasteiger partial charge >= 0.3 is 5.97 Å². The topological polar surface area (TPSA) is 67.6 Å². The Morgan fingerprint density at radius 1 is 1.52 bits per heavy atom. The van der Waals surface area contributed by atoms with Gasteiger partial charge in [0.15, 0.2) is 0 Å². The first-order valence-corrected chi connectivity index (χ1v) is 7.05. The fourth-order valence-electron chi connectivity index (χ4n) is 2.79. The Hall–Kier alpha value is -1.92. The number of imidazole rings is 1. The molecule has 0 aliphatic carbocycles. The number of hydrogen-bond donors (Lipinski definition) is 1. The summed E-state index contributed by atoms with van der Waals surface area (Å²) in [5.41, 5.74) is 1.94. The van der Waals surface area contributed by atoms with Crippen molar-refractivity contribution < 1.29 is 14.6 Å². The summed E-state index contributed by atoms with van der Waals surface area (Å²) < 4.78 is 7.91. The van der Waals surface area contributed by atoms with Crippen LogP contribution in [0, 0.1) is 6.92 Å². The molecule has 2 aromatic rings. The van der Waals surface area contributed by atoms with Gasteiger partial charge in [0.2, 0.25) is 0 Å². The van der Waals surface area contributed by atoms with Gasteiger partial charge in [0.25, 0.3) is 0 Å². The Labute approximate surface area is 122 Å². The number of carboxylic acid groups (broad SMARTS) is 1. The van der Waals surface area contributed by atoms with E-state index in [0.29, 0.717) is 0 Å². The first-order valence-electron chi connectivity index (χ1n) is 7.05. The molecule has 2 heterocycles. The predicted octanol–water partition coefficient (Wildman–Crippen LogP) is 1.37. The molecular weight excluding hydrogens is 270 g/mol. The van der Waals surface area contributed by atoms with Gasteiger partial charge in [-0.1, -0.05) is 0 Å². The number of fused-ring (bicyclic) bond motifs is 1. The van der Waals surface area contributed by atoms with Crippen molar-refractivity contribution >= 4 is 17.0 Å². The number of benzene rings is 1. The number of carbonyl (C=O) groups is 1. The number of carboxylic acids is 1. The van der Waals surface area contributed by atoms with Gasteiger partial charge in [-0.05, 0) is 32.2 Å². The zero-order valence-electron chi connectivity index (χ0n) is 12.2. The Morgan fingerprint density at radius 3 is 3.05 bits per heavy atom. The molecule has 1 aromatic carbocycles. The summed E-state index contributed by atoms with van der Waals surface area (Å²) in [6.07, 6.45) is 0.138. The first kappa shape index (κ1) is 14.0. The second-order valence-electron chi connectivity index (χ2n) is 5.53. The number of aryl methyl sites for hydroxylation is 1. The molecule has 1 N–H and O–H groups in total. The van der Waals surface area contributed by atoms with Gasteiger partial charge in [0.05, 0.1) is 35.9 Å². The first-order chi connectivity index (χ1) is 10.0. The van der Waals surface area contributed by atoms with E-state index in [4.69, 9.17) is 9.84 Å². The highest BCUT2D eigenvalue weighted by atomic mass is 16.5. The second-order valence-corrected chi connectivity index (χ2v) is 5.53. The summed E-state index contributed by atoms with van der Waals surface area (Å²) in [7, 11) is 2.09. The van der Waals surface area contributed by atoms with E-state index in [1.165, 1.54) is 0 Å². The number of rotatable bonds is 3. The lowest BCUT2D eigenvalue weighted by Crippen LogP contribution is -2.42. The quantitative estimate of drug-likeness (QED) is 0.924. The Balaban J connectivity index is 1.91. The molecule has 1 atom stereocenters. The fourth-order valence-corrected chi connectivity index (χ4v) is 2.79. The van der Waals surface area contributed by atoms with Crippen LogP contribution in [0.15, 0.2) is 18.2 Å². The van der Waals surface area contributed by atoms with Gasteiger partial charge < -0.3 is 19.3 Å². The third kappa shape index (κ3) is 2.77. The third-order valence-electron chi connectivity index (χ3n) is 3.91. The number of likely N-dealkylation sites (N-methyl/N-ethyl adjacent to an activating group) is 1. The minimum Gasteiger partial charge on any atom is -0.478 e. The highest BCUT2D eigenvalue weighted by Gasteiger charge is 2.20. The van der Waals surface area contributed by atoms with Gasteiger partial charge in [0, 0.05) is 13.1 Å². The molecule has 0 spiro atoms. The number of morpholine rings is 1. The van der Waals surface area contributed by atoms with Crippen LogP contribution in [0.3, 0.4) is 0 Å². The van der Waals surface area contributed by atoms with E-state index in [9.17, 15) is 4.79 Å². The lowest BCUT2D eigenvalue weighted by molar-refractivity contribution is -0.0272. The maximum atomic E-state index is 11.0. The van der Waals surface area contributed by atoms with E-state index in [1.54, 1.807) is 12.1 Å². The van der Waals surface area contributed by atoms with Crippen LogP contribution in [-0.2, 0) is 11.3 Å².